The van der Waals surface area contributed by atoms with Crippen molar-refractivity contribution in [2.75, 3.05) is 32.5 Å². The third-order valence-electron chi connectivity index (χ3n) is 6.95. The number of anilines is 1. The number of hydrogen-bond acceptors (Lipinski definition) is 8. The van der Waals surface area contributed by atoms with E-state index < -0.39 is 17.1 Å². The molecule has 5 rings (SSSR count). The summed E-state index contributed by atoms with van der Waals surface area (Å²) in [6, 6.07) is 6.65. The van der Waals surface area contributed by atoms with Gasteiger partial charge in [0.2, 0.25) is 5.89 Å². The van der Waals surface area contributed by atoms with E-state index in [0.29, 0.717) is 41.6 Å². The van der Waals surface area contributed by atoms with Crippen molar-refractivity contribution in [3.05, 3.63) is 53.6 Å². The van der Waals surface area contributed by atoms with Gasteiger partial charge in [0.1, 0.15) is 5.82 Å². The van der Waals surface area contributed by atoms with E-state index in [2.05, 4.69) is 36.0 Å². The number of fused-ring (bicyclic) bond motifs is 1. The Bertz CT molecular complexity index is 1570. The third-order valence-corrected chi connectivity index (χ3v) is 6.95. The largest absolute Gasteiger partial charge is 0.364 e. The molecule has 4 aromatic rings. The number of aromatic nitrogens is 5. The molecule has 0 unspecified atom stereocenters. The molecular weight excluding hydrogens is 529 g/mol. The average Bonchev–Trinajstić information content (AvgIpc) is 3.60. The number of H-pyrrole nitrogens is 1. The summed E-state index contributed by atoms with van der Waals surface area (Å²) in [7, 11) is 3.49. The van der Waals surface area contributed by atoms with Crippen molar-refractivity contribution in [2.45, 2.75) is 51.6 Å². The SMILES string of the molecule is CN(C)C(=O)N1CCC[C@@H](Nc2n[nH]c3nccc(-c4ccc(CNC(=O)c5noc(C(C)(C)C)n5)c(F)c4)c23)C1. The van der Waals surface area contributed by atoms with Crippen LogP contribution in [0.3, 0.4) is 0 Å². The van der Waals surface area contributed by atoms with Gasteiger partial charge in [0.25, 0.3) is 11.7 Å². The van der Waals surface area contributed by atoms with Crippen molar-refractivity contribution in [1.82, 2.24) is 40.4 Å². The number of amides is 3. The van der Waals surface area contributed by atoms with E-state index in [-0.39, 0.29) is 24.4 Å². The van der Waals surface area contributed by atoms with Gasteiger partial charge in [0.15, 0.2) is 11.5 Å². The maximum absolute atomic E-state index is 15.2. The van der Waals surface area contributed by atoms with Gasteiger partial charge in [-0.15, -0.1) is 0 Å². The lowest BCUT2D eigenvalue weighted by molar-refractivity contribution is 0.0937. The quantitative estimate of drug-likeness (QED) is 0.320. The number of likely N-dealkylation sites (tertiary alicyclic amines) is 1. The number of urea groups is 1. The molecule has 13 heteroatoms. The molecule has 41 heavy (non-hydrogen) atoms. The van der Waals surface area contributed by atoms with Crippen LogP contribution in [0, 0.1) is 5.82 Å². The minimum atomic E-state index is -0.550. The lowest BCUT2D eigenvalue weighted by Crippen LogP contribution is -2.48. The summed E-state index contributed by atoms with van der Waals surface area (Å²) in [4.78, 5) is 36.9. The van der Waals surface area contributed by atoms with E-state index in [1.165, 1.54) is 6.07 Å². The molecule has 216 valence electrons. The van der Waals surface area contributed by atoms with Crippen molar-refractivity contribution in [3.8, 4) is 11.1 Å². The second-order valence-electron chi connectivity index (χ2n) is 11.4. The molecule has 0 aliphatic carbocycles. The molecule has 1 fully saturated rings. The van der Waals surface area contributed by atoms with Gasteiger partial charge in [-0.3, -0.25) is 9.89 Å². The van der Waals surface area contributed by atoms with Crippen LogP contribution in [-0.2, 0) is 12.0 Å². The maximum atomic E-state index is 15.2. The van der Waals surface area contributed by atoms with Crippen LogP contribution in [0.2, 0.25) is 0 Å². The van der Waals surface area contributed by atoms with Gasteiger partial charge in [-0.25, -0.2) is 14.2 Å². The normalized spacial score (nSPS) is 15.7. The van der Waals surface area contributed by atoms with Crippen LogP contribution in [0.25, 0.3) is 22.2 Å². The van der Waals surface area contributed by atoms with Crippen LogP contribution >= 0.6 is 0 Å². The van der Waals surface area contributed by atoms with E-state index in [1.807, 2.05) is 31.7 Å². The molecule has 0 radical (unpaired) electrons. The highest BCUT2D eigenvalue weighted by Gasteiger charge is 2.27. The average molecular weight is 564 g/mol. The van der Waals surface area contributed by atoms with Crippen molar-refractivity contribution in [2.24, 2.45) is 0 Å². The number of carbonyl (C=O) groups excluding carboxylic acids is 2. The van der Waals surface area contributed by atoms with Crippen molar-refractivity contribution in [3.63, 3.8) is 0 Å². The van der Waals surface area contributed by atoms with E-state index >= 15 is 4.39 Å². The lowest BCUT2D eigenvalue weighted by Gasteiger charge is -2.34. The molecule has 1 aliphatic heterocycles. The monoisotopic (exact) mass is 563 g/mol. The molecule has 3 N–H and O–H groups in total. The van der Waals surface area contributed by atoms with Crippen LogP contribution in [0.5, 0.6) is 0 Å². The predicted molar refractivity (Wildman–Crippen MR) is 151 cm³/mol. The van der Waals surface area contributed by atoms with Crippen molar-refractivity contribution >= 4 is 28.8 Å². The summed E-state index contributed by atoms with van der Waals surface area (Å²) >= 11 is 0. The second kappa shape index (κ2) is 11.1. The molecule has 3 aromatic heterocycles. The molecule has 1 aliphatic rings. The minimum absolute atomic E-state index is 0.00798. The number of nitrogens with one attached hydrogen (secondary N) is 3. The van der Waals surface area contributed by atoms with Crippen LogP contribution in [0.1, 0.15) is 55.7 Å². The zero-order valence-corrected chi connectivity index (χ0v) is 23.8. The van der Waals surface area contributed by atoms with E-state index in [4.69, 9.17) is 4.52 Å². The number of hydrogen-bond donors (Lipinski definition) is 3. The first-order valence-corrected chi connectivity index (χ1v) is 13.5. The Morgan fingerprint density at radius 2 is 2.05 bits per heavy atom. The zero-order valence-electron chi connectivity index (χ0n) is 23.8. The van der Waals surface area contributed by atoms with Crippen LogP contribution in [0.4, 0.5) is 15.0 Å². The lowest BCUT2D eigenvalue weighted by atomic mass is 9.97. The van der Waals surface area contributed by atoms with Gasteiger partial charge in [0, 0.05) is 56.9 Å². The molecule has 1 atom stereocenters. The fourth-order valence-corrected chi connectivity index (χ4v) is 4.77. The number of aromatic amines is 1. The first-order chi connectivity index (χ1) is 19.5. The van der Waals surface area contributed by atoms with Crippen LogP contribution < -0.4 is 10.6 Å². The minimum Gasteiger partial charge on any atom is -0.364 e. The fraction of sp³-hybridized carbons (Fsp3) is 0.429. The molecular formula is C28H34FN9O3. The Kier molecular flexibility index (Phi) is 7.61. The van der Waals surface area contributed by atoms with E-state index in [0.717, 1.165) is 23.8 Å². The Balaban J connectivity index is 1.32. The highest BCUT2D eigenvalue weighted by Crippen LogP contribution is 2.33. The van der Waals surface area contributed by atoms with Crippen LogP contribution in [0.15, 0.2) is 35.0 Å². The molecule has 12 nitrogen and oxygen atoms in total. The number of benzene rings is 1. The number of nitrogens with zero attached hydrogens (tertiary/aromatic N) is 6. The molecule has 1 aromatic carbocycles. The summed E-state index contributed by atoms with van der Waals surface area (Å²) in [5.41, 5.74) is 1.87. The number of rotatable bonds is 6. The number of piperidine rings is 1. The zero-order chi connectivity index (χ0) is 29.3. The molecule has 4 heterocycles. The second-order valence-corrected chi connectivity index (χ2v) is 11.4. The summed E-state index contributed by atoms with van der Waals surface area (Å²) in [6.07, 6.45) is 3.40. The van der Waals surface area contributed by atoms with Gasteiger partial charge in [-0.05, 0) is 36.1 Å². The van der Waals surface area contributed by atoms with Crippen molar-refractivity contribution < 1.29 is 18.5 Å². The van der Waals surface area contributed by atoms with Crippen molar-refractivity contribution in [1.29, 1.82) is 0 Å². The summed E-state index contributed by atoms with van der Waals surface area (Å²) in [5.74, 6) is -0.180. The Morgan fingerprint density at radius 3 is 2.76 bits per heavy atom. The predicted octanol–water partition coefficient (Wildman–Crippen LogP) is 3.93. The fourth-order valence-electron chi connectivity index (χ4n) is 4.77. The topological polar surface area (TPSA) is 145 Å². The summed E-state index contributed by atoms with van der Waals surface area (Å²) in [6.45, 7) is 6.92. The smallest absolute Gasteiger partial charge is 0.319 e. The Labute approximate surface area is 236 Å². The van der Waals surface area contributed by atoms with Gasteiger partial charge in [-0.2, -0.15) is 10.1 Å². The molecule has 0 spiro atoms. The summed E-state index contributed by atoms with van der Waals surface area (Å²) < 4.78 is 20.4. The third kappa shape index (κ3) is 5.98. The summed E-state index contributed by atoms with van der Waals surface area (Å²) in [5, 5.41) is 18.0. The first kappa shape index (κ1) is 28.0. The number of halogens is 1. The Hall–Kier alpha value is -4.55. The maximum Gasteiger partial charge on any atom is 0.319 e. The molecule has 0 bridgehead atoms. The van der Waals surface area contributed by atoms with Crippen LogP contribution in [-0.4, -0.2) is 80.3 Å². The Morgan fingerprint density at radius 1 is 1.24 bits per heavy atom. The van der Waals surface area contributed by atoms with E-state index in [9.17, 15) is 9.59 Å². The molecule has 0 saturated carbocycles. The first-order valence-electron chi connectivity index (χ1n) is 13.5. The highest BCUT2D eigenvalue weighted by atomic mass is 19.1. The van der Waals surface area contributed by atoms with Gasteiger partial charge in [-0.1, -0.05) is 38.1 Å². The van der Waals surface area contributed by atoms with Gasteiger partial charge in [0.05, 0.1) is 5.39 Å². The van der Waals surface area contributed by atoms with Gasteiger partial charge < -0.3 is 25.0 Å². The number of pyridine rings is 1. The molecule has 3 amide bonds. The standard InChI is InChI=1S/C28H34FN9O3/c1-28(2,3)26-33-24(36-41-26)25(39)31-14-17-9-8-16(13-20(17)29)19-10-11-30-22-21(19)23(35-34-22)32-18-7-6-12-38(15-18)27(40)37(4)5/h8-11,13,18H,6-7,12,14-15H2,1-5H3,(H,31,39)(H2,30,32,34,35)/t18-/m1/s1. The molecule has 1 saturated heterocycles. The highest BCUT2D eigenvalue weighted by molar-refractivity contribution is 6.00. The van der Waals surface area contributed by atoms with E-state index in [1.54, 1.807) is 37.3 Å². The van der Waals surface area contributed by atoms with Gasteiger partial charge >= 0.3 is 6.03 Å². The number of carbonyl (C=O) groups is 2.